The molecule has 0 radical (unpaired) electrons. The second-order valence-corrected chi connectivity index (χ2v) is 6.18. The second kappa shape index (κ2) is 8.34. The van der Waals surface area contributed by atoms with Crippen molar-refractivity contribution in [2.45, 2.75) is 37.2 Å². The number of hydrogen-bond acceptors (Lipinski definition) is 5. The Balaban J connectivity index is 2.21. The molecular formula is C16H19N5OS. The number of aromatic nitrogens is 4. The molecule has 120 valence electrons. The van der Waals surface area contributed by atoms with E-state index in [4.69, 9.17) is 6.42 Å². The summed E-state index contributed by atoms with van der Waals surface area (Å²) in [5.74, 6) is 3.07. The smallest absolute Gasteiger partial charge is 0.234 e. The zero-order valence-electron chi connectivity index (χ0n) is 13.2. The molecule has 0 aliphatic rings. The van der Waals surface area contributed by atoms with Crippen LogP contribution >= 0.6 is 11.8 Å². The molecule has 2 rings (SSSR count). The maximum Gasteiger partial charge on any atom is 0.234 e. The summed E-state index contributed by atoms with van der Waals surface area (Å²) in [6.45, 7) is 4.93. The first kappa shape index (κ1) is 17.0. The lowest BCUT2D eigenvalue weighted by Crippen LogP contribution is -2.31. The van der Waals surface area contributed by atoms with Crippen molar-refractivity contribution in [3.8, 4) is 23.7 Å². The van der Waals surface area contributed by atoms with Gasteiger partial charge in [-0.05, 0) is 25.5 Å². The zero-order valence-corrected chi connectivity index (χ0v) is 14.0. The number of thioether (sulfide) groups is 1. The summed E-state index contributed by atoms with van der Waals surface area (Å²) in [4.78, 5) is 16.0. The van der Waals surface area contributed by atoms with Crippen molar-refractivity contribution in [3.63, 3.8) is 0 Å². The third-order valence-electron chi connectivity index (χ3n) is 3.12. The van der Waals surface area contributed by atoms with Crippen molar-refractivity contribution >= 4 is 17.7 Å². The predicted molar refractivity (Wildman–Crippen MR) is 90.7 cm³/mol. The standard InChI is InChI=1S/C16H19N5OS/c1-4-8-18-15(22)12(3)23-16-20-19-14(21(16)11-5-2)13-6-9-17-10-7-13/h1,6-7,9-10,12H,5,8,11H2,2-3H3,(H,18,22). The van der Waals surface area contributed by atoms with Crippen LogP contribution in [-0.4, -0.2) is 37.5 Å². The molecule has 0 aliphatic heterocycles. The number of terminal acetylenes is 1. The van der Waals surface area contributed by atoms with Gasteiger partial charge in [-0.2, -0.15) is 0 Å². The van der Waals surface area contributed by atoms with E-state index in [1.54, 1.807) is 12.4 Å². The first-order chi connectivity index (χ1) is 11.2. The van der Waals surface area contributed by atoms with E-state index in [0.717, 1.165) is 29.5 Å². The van der Waals surface area contributed by atoms with Gasteiger partial charge < -0.3 is 9.88 Å². The minimum Gasteiger partial charge on any atom is -0.344 e. The van der Waals surface area contributed by atoms with Gasteiger partial charge in [0.05, 0.1) is 11.8 Å². The van der Waals surface area contributed by atoms with Crippen LogP contribution in [0.4, 0.5) is 0 Å². The number of amides is 1. The van der Waals surface area contributed by atoms with Crippen molar-refractivity contribution in [1.29, 1.82) is 0 Å². The first-order valence-corrected chi connectivity index (χ1v) is 8.26. The van der Waals surface area contributed by atoms with E-state index in [2.05, 4.69) is 33.3 Å². The molecule has 1 N–H and O–H groups in total. The highest BCUT2D eigenvalue weighted by Gasteiger charge is 2.20. The highest BCUT2D eigenvalue weighted by molar-refractivity contribution is 8.00. The van der Waals surface area contributed by atoms with E-state index in [9.17, 15) is 4.79 Å². The molecule has 2 aromatic heterocycles. The maximum absolute atomic E-state index is 12.0. The van der Waals surface area contributed by atoms with Gasteiger partial charge in [-0.25, -0.2) is 0 Å². The quantitative estimate of drug-likeness (QED) is 0.621. The van der Waals surface area contributed by atoms with E-state index in [0.29, 0.717) is 0 Å². The minimum absolute atomic E-state index is 0.107. The molecule has 0 saturated carbocycles. The molecule has 0 aliphatic carbocycles. The van der Waals surface area contributed by atoms with Crippen molar-refractivity contribution < 1.29 is 4.79 Å². The van der Waals surface area contributed by atoms with Gasteiger partial charge in [0.15, 0.2) is 11.0 Å². The predicted octanol–water partition coefficient (Wildman–Crippen LogP) is 1.98. The summed E-state index contributed by atoms with van der Waals surface area (Å²) in [5.41, 5.74) is 0.956. The number of carbonyl (C=O) groups is 1. The minimum atomic E-state index is -0.298. The largest absolute Gasteiger partial charge is 0.344 e. The van der Waals surface area contributed by atoms with Gasteiger partial charge in [-0.15, -0.1) is 16.6 Å². The lowest BCUT2D eigenvalue weighted by atomic mass is 10.2. The molecule has 0 saturated heterocycles. The van der Waals surface area contributed by atoms with Gasteiger partial charge in [0, 0.05) is 24.5 Å². The molecule has 7 heteroatoms. The molecule has 0 spiro atoms. The Morgan fingerprint density at radius 3 is 2.83 bits per heavy atom. The summed E-state index contributed by atoms with van der Waals surface area (Å²) in [6, 6.07) is 3.79. The Labute approximate surface area is 140 Å². The van der Waals surface area contributed by atoms with Gasteiger partial charge in [0.25, 0.3) is 0 Å². The van der Waals surface area contributed by atoms with Gasteiger partial charge >= 0.3 is 0 Å². The Bertz CT molecular complexity index is 692. The van der Waals surface area contributed by atoms with Gasteiger partial charge in [-0.3, -0.25) is 9.78 Å². The molecule has 0 aromatic carbocycles. The summed E-state index contributed by atoms with van der Waals surface area (Å²) >= 11 is 1.38. The third-order valence-corrected chi connectivity index (χ3v) is 4.20. The fourth-order valence-electron chi connectivity index (χ4n) is 2.01. The van der Waals surface area contributed by atoms with E-state index in [1.807, 2.05) is 23.6 Å². The van der Waals surface area contributed by atoms with Crippen LogP contribution in [0.2, 0.25) is 0 Å². The van der Waals surface area contributed by atoms with Gasteiger partial charge in [0.2, 0.25) is 5.91 Å². The third kappa shape index (κ3) is 4.33. The van der Waals surface area contributed by atoms with Crippen molar-refractivity contribution in [1.82, 2.24) is 25.1 Å². The summed E-state index contributed by atoms with van der Waals surface area (Å²) in [7, 11) is 0. The molecule has 1 atom stereocenters. The Hall–Kier alpha value is -2.33. The van der Waals surface area contributed by atoms with Gasteiger partial charge in [0.1, 0.15) is 0 Å². The summed E-state index contributed by atoms with van der Waals surface area (Å²) in [6.07, 6.45) is 9.55. The van der Waals surface area contributed by atoms with Crippen LogP contribution in [0.1, 0.15) is 20.3 Å². The van der Waals surface area contributed by atoms with Crippen molar-refractivity contribution in [2.24, 2.45) is 0 Å². The summed E-state index contributed by atoms with van der Waals surface area (Å²) in [5, 5.41) is 11.6. The molecule has 2 heterocycles. The van der Waals surface area contributed by atoms with Crippen molar-refractivity contribution in [2.75, 3.05) is 6.54 Å². The van der Waals surface area contributed by atoms with E-state index >= 15 is 0 Å². The molecule has 23 heavy (non-hydrogen) atoms. The molecule has 2 aromatic rings. The molecule has 0 bridgehead atoms. The molecule has 0 fully saturated rings. The topological polar surface area (TPSA) is 72.7 Å². The number of pyridine rings is 1. The van der Waals surface area contributed by atoms with Gasteiger partial charge in [-0.1, -0.05) is 24.6 Å². The number of nitrogens with one attached hydrogen (secondary N) is 1. The zero-order chi connectivity index (χ0) is 16.7. The Morgan fingerprint density at radius 2 is 2.17 bits per heavy atom. The van der Waals surface area contributed by atoms with E-state index in [1.165, 1.54) is 11.8 Å². The number of nitrogens with zero attached hydrogens (tertiary/aromatic N) is 4. The number of hydrogen-bond donors (Lipinski definition) is 1. The number of carbonyl (C=O) groups excluding carboxylic acids is 1. The van der Waals surface area contributed by atoms with E-state index in [-0.39, 0.29) is 17.7 Å². The van der Waals surface area contributed by atoms with Crippen LogP contribution in [0.15, 0.2) is 29.7 Å². The first-order valence-electron chi connectivity index (χ1n) is 7.38. The monoisotopic (exact) mass is 329 g/mol. The van der Waals surface area contributed by atoms with Crippen LogP contribution in [0, 0.1) is 12.3 Å². The van der Waals surface area contributed by atoms with Crippen molar-refractivity contribution in [3.05, 3.63) is 24.5 Å². The average Bonchev–Trinajstić information content (AvgIpc) is 2.96. The molecular weight excluding hydrogens is 310 g/mol. The lowest BCUT2D eigenvalue weighted by molar-refractivity contribution is -0.120. The molecule has 1 unspecified atom stereocenters. The highest BCUT2D eigenvalue weighted by Crippen LogP contribution is 2.26. The van der Waals surface area contributed by atoms with Crippen LogP contribution in [-0.2, 0) is 11.3 Å². The fourth-order valence-corrected chi connectivity index (χ4v) is 2.91. The molecule has 1 amide bonds. The van der Waals surface area contributed by atoms with Crippen LogP contribution in [0.3, 0.4) is 0 Å². The maximum atomic E-state index is 12.0. The highest BCUT2D eigenvalue weighted by atomic mass is 32.2. The summed E-state index contributed by atoms with van der Waals surface area (Å²) < 4.78 is 2.03. The van der Waals surface area contributed by atoms with E-state index < -0.39 is 0 Å². The van der Waals surface area contributed by atoms with Crippen LogP contribution in [0.5, 0.6) is 0 Å². The average molecular weight is 329 g/mol. The lowest BCUT2D eigenvalue weighted by Gasteiger charge is -2.12. The fraction of sp³-hybridized carbons (Fsp3) is 0.375. The second-order valence-electron chi connectivity index (χ2n) is 4.88. The Kier molecular flexibility index (Phi) is 6.18. The normalized spacial score (nSPS) is 11.7. The SMILES string of the molecule is C#CCNC(=O)C(C)Sc1nnc(-c2ccncc2)n1CCC. The molecule has 6 nitrogen and oxygen atoms in total. The van der Waals surface area contributed by atoms with Crippen LogP contribution in [0.25, 0.3) is 11.4 Å². The Morgan fingerprint density at radius 1 is 1.43 bits per heavy atom. The van der Waals surface area contributed by atoms with Crippen LogP contribution < -0.4 is 5.32 Å². The number of rotatable bonds is 7.